The van der Waals surface area contributed by atoms with Gasteiger partial charge in [-0.25, -0.2) is 0 Å². The van der Waals surface area contributed by atoms with E-state index in [2.05, 4.69) is 6.58 Å². The standard InChI is InChI=1S/C22H21NO2/c1-2-9-20(23)17-14-15-21(24-18-10-5-3-6-11-18)22(16-17)25-19-12-7-4-8-13-19/h2-8,10-16,20H,1,9,23H2/t20-/m0/s1. The second-order valence-corrected chi connectivity index (χ2v) is 5.67. The molecule has 1 atom stereocenters. The first kappa shape index (κ1) is 16.8. The van der Waals surface area contributed by atoms with Crippen LogP contribution in [-0.2, 0) is 0 Å². The van der Waals surface area contributed by atoms with E-state index in [0.29, 0.717) is 17.9 Å². The van der Waals surface area contributed by atoms with Crippen molar-refractivity contribution in [3.8, 4) is 23.0 Å². The van der Waals surface area contributed by atoms with E-state index >= 15 is 0 Å². The maximum Gasteiger partial charge on any atom is 0.170 e. The van der Waals surface area contributed by atoms with Gasteiger partial charge in [-0.1, -0.05) is 48.5 Å². The molecular weight excluding hydrogens is 310 g/mol. The van der Waals surface area contributed by atoms with Crippen molar-refractivity contribution in [2.45, 2.75) is 12.5 Å². The highest BCUT2D eigenvalue weighted by Gasteiger charge is 2.12. The first-order valence-electron chi connectivity index (χ1n) is 8.22. The van der Waals surface area contributed by atoms with E-state index in [-0.39, 0.29) is 6.04 Å². The molecule has 3 aromatic rings. The Labute approximate surface area is 148 Å². The zero-order valence-electron chi connectivity index (χ0n) is 14.0. The first-order chi connectivity index (χ1) is 12.3. The van der Waals surface area contributed by atoms with Gasteiger partial charge in [-0.2, -0.15) is 0 Å². The van der Waals surface area contributed by atoms with Crippen LogP contribution in [0.3, 0.4) is 0 Å². The van der Waals surface area contributed by atoms with Crippen LogP contribution in [0.1, 0.15) is 18.0 Å². The molecule has 3 rings (SSSR count). The number of para-hydroxylation sites is 2. The van der Waals surface area contributed by atoms with Crippen LogP contribution >= 0.6 is 0 Å². The third-order valence-corrected chi connectivity index (χ3v) is 3.76. The van der Waals surface area contributed by atoms with E-state index in [1.165, 1.54) is 0 Å². The molecule has 0 saturated carbocycles. The van der Waals surface area contributed by atoms with Gasteiger partial charge in [0.1, 0.15) is 11.5 Å². The van der Waals surface area contributed by atoms with Crippen molar-refractivity contribution in [1.82, 2.24) is 0 Å². The first-order valence-corrected chi connectivity index (χ1v) is 8.22. The van der Waals surface area contributed by atoms with Gasteiger partial charge >= 0.3 is 0 Å². The van der Waals surface area contributed by atoms with Gasteiger partial charge in [-0.3, -0.25) is 0 Å². The molecular formula is C22H21NO2. The predicted octanol–water partition coefficient (Wildman–Crippen LogP) is 5.85. The fourth-order valence-electron chi connectivity index (χ4n) is 2.47. The Morgan fingerprint density at radius 1 is 0.800 bits per heavy atom. The van der Waals surface area contributed by atoms with Crippen LogP contribution in [0.25, 0.3) is 0 Å². The maximum absolute atomic E-state index is 6.20. The molecule has 0 unspecified atom stereocenters. The molecule has 0 aliphatic rings. The highest BCUT2D eigenvalue weighted by molar-refractivity contribution is 5.48. The Balaban J connectivity index is 1.93. The zero-order chi connectivity index (χ0) is 17.5. The van der Waals surface area contributed by atoms with Gasteiger partial charge in [-0.15, -0.1) is 6.58 Å². The maximum atomic E-state index is 6.20. The third kappa shape index (κ3) is 4.49. The minimum Gasteiger partial charge on any atom is -0.453 e. The van der Waals surface area contributed by atoms with Crippen molar-refractivity contribution >= 4 is 0 Å². The molecule has 0 heterocycles. The summed E-state index contributed by atoms with van der Waals surface area (Å²) in [7, 11) is 0. The molecule has 0 aliphatic heterocycles. The van der Waals surface area contributed by atoms with E-state index < -0.39 is 0 Å². The molecule has 0 radical (unpaired) electrons. The lowest BCUT2D eigenvalue weighted by Crippen LogP contribution is -2.09. The fraction of sp³-hybridized carbons (Fsp3) is 0.0909. The number of ether oxygens (including phenoxy) is 2. The van der Waals surface area contributed by atoms with Crippen LogP contribution in [0.4, 0.5) is 0 Å². The van der Waals surface area contributed by atoms with Crippen LogP contribution < -0.4 is 15.2 Å². The SMILES string of the molecule is C=CC[C@H](N)c1ccc(Oc2ccccc2)c(Oc2ccccc2)c1. The van der Waals surface area contributed by atoms with Crippen molar-refractivity contribution in [3.63, 3.8) is 0 Å². The van der Waals surface area contributed by atoms with Crippen LogP contribution in [-0.4, -0.2) is 0 Å². The summed E-state index contributed by atoms with van der Waals surface area (Å²) < 4.78 is 12.0. The molecule has 25 heavy (non-hydrogen) atoms. The Bertz CT molecular complexity index is 816. The van der Waals surface area contributed by atoms with Crippen molar-refractivity contribution < 1.29 is 9.47 Å². The van der Waals surface area contributed by atoms with Gasteiger partial charge in [0, 0.05) is 6.04 Å². The van der Waals surface area contributed by atoms with Crippen molar-refractivity contribution in [1.29, 1.82) is 0 Å². The largest absolute Gasteiger partial charge is 0.453 e. The number of benzene rings is 3. The molecule has 3 heteroatoms. The molecule has 3 nitrogen and oxygen atoms in total. The predicted molar refractivity (Wildman–Crippen MR) is 101 cm³/mol. The van der Waals surface area contributed by atoms with E-state index in [1.54, 1.807) is 0 Å². The Morgan fingerprint density at radius 2 is 1.36 bits per heavy atom. The van der Waals surface area contributed by atoms with Crippen LogP contribution in [0.2, 0.25) is 0 Å². The minimum atomic E-state index is -0.124. The Kier molecular flexibility index (Phi) is 5.50. The van der Waals surface area contributed by atoms with E-state index in [1.807, 2.05) is 84.9 Å². The third-order valence-electron chi connectivity index (χ3n) is 3.76. The van der Waals surface area contributed by atoms with Crippen molar-refractivity contribution in [2.75, 3.05) is 0 Å². The molecule has 0 saturated heterocycles. The van der Waals surface area contributed by atoms with Crippen LogP contribution in [0.15, 0.2) is 91.5 Å². The lowest BCUT2D eigenvalue weighted by atomic mass is 10.0. The molecule has 126 valence electrons. The fourth-order valence-corrected chi connectivity index (χ4v) is 2.47. The summed E-state index contributed by atoms with van der Waals surface area (Å²) in [6, 6.07) is 24.9. The molecule has 0 amide bonds. The average molecular weight is 331 g/mol. The topological polar surface area (TPSA) is 44.5 Å². The van der Waals surface area contributed by atoms with Gasteiger partial charge in [0.05, 0.1) is 0 Å². The number of rotatable bonds is 7. The number of nitrogens with two attached hydrogens (primary N) is 1. The summed E-state index contributed by atoms with van der Waals surface area (Å²) in [6.45, 7) is 3.75. The Hall–Kier alpha value is -3.04. The highest BCUT2D eigenvalue weighted by Crippen LogP contribution is 2.37. The molecule has 0 bridgehead atoms. The van der Waals surface area contributed by atoms with E-state index in [4.69, 9.17) is 15.2 Å². The highest BCUT2D eigenvalue weighted by atomic mass is 16.5. The van der Waals surface area contributed by atoms with E-state index in [9.17, 15) is 0 Å². The van der Waals surface area contributed by atoms with Gasteiger partial charge in [0.15, 0.2) is 11.5 Å². The normalized spacial score (nSPS) is 11.6. The molecule has 0 spiro atoms. The van der Waals surface area contributed by atoms with E-state index in [0.717, 1.165) is 17.1 Å². The zero-order valence-corrected chi connectivity index (χ0v) is 14.0. The Morgan fingerprint density at radius 3 is 1.92 bits per heavy atom. The summed E-state index contributed by atoms with van der Waals surface area (Å²) in [6.07, 6.45) is 2.51. The molecule has 0 aliphatic carbocycles. The van der Waals surface area contributed by atoms with Crippen molar-refractivity contribution in [3.05, 3.63) is 97.1 Å². The van der Waals surface area contributed by atoms with Gasteiger partial charge in [0.25, 0.3) is 0 Å². The molecule has 0 aromatic heterocycles. The number of hydrogen-bond donors (Lipinski definition) is 1. The lowest BCUT2D eigenvalue weighted by Gasteiger charge is -2.16. The quantitative estimate of drug-likeness (QED) is 0.553. The minimum absolute atomic E-state index is 0.124. The van der Waals surface area contributed by atoms with Crippen molar-refractivity contribution in [2.24, 2.45) is 5.73 Å². The van der Waals surface area contributed by atoms with Gasteiger partial charge < -0.3 is 15.2 Å². The van der Waals surface area contributed by atoms with Gasteiger partial charge in [0.2, 0.25) is 0 Å². The second-order valence-electron chi connectivity index (χ2n) is 5.67. The summed E-state index contributed by atoms with van der Waals surface area (Å²) in [5.41, 5.74) is 7.18. The lowest BCUT2D eigenvalue weighted by molar-refractivity contribution is 0.417. The summed E-state index contributed by atoms with van der Waals surface area (Å²) in [5, 5.41) is 0. The van der Waals surface area contributed by atoms with Crippen LogP contribution in [0, 0.1) is 0 Å². The average Bonchev–Trinajstić information content (AvgIpc) is 2.65. The monoisotopic (exact) mass is 331 g/mol. The second kappa shape index (κ2) is 8.18. The van der Waals surface area contributed by atoms with Gasteiger partial charge in [-0.05, 0) is 48.4 Å². The summed E-state index contributed by atoms with van der Waals surface area (Å²) in [4.78, 5) is 0. The summed E-state index contributed by atoms with van der Waals surface area (Å²) >= 11 is 0. The summed E-state index contributed by atoms with van der Waals surface area (Å²) in [5.74, 6) is 2.77. The molecule has 2 N–H and O–H groups in total. The number of hydrogen-bond acceptors (Lipinski definition) is 3. The smallest absolute Gasteiger partial charge is 0.170 e. The molecule has 3 aromatic carbocycles. The van der Waals surface area contributed by atoms with Crippen LogP contribution in [0.5, 0.6) is 23.0 Å². The molecule has 0 fully saturated rings.